The fraction of sp³-hybridized carbons (Fsp3) is 0.583. The van der Waals surface area contributed by atoms with Crippen molar-refractivity contribution >= 4 is 6.29 Å². The van der Waals surface area contributed by atoms with Crippen LogP contribution in [0.15, 0.2) is 23.8 Å². The van der Waals surface area contributed by atoms with E-state index in [0.717, 1.165) is 36.9 Å². The summed E-state index contributed by atoms with van der Waals surface area (Å²) in [5.41, 5.74) is 1.88. The van der Waals surface area contributed by atoms with Crippen LogP contribution in [0.1, 0.15) is 19.8 Å². The van der Waals surface area contributed by atoms with Crippen molar-refractivity contribution < 1.29 is 9.18 Å². The van der Waals surface area contributed by atoms with Gasteiger partial charge in [0.25, 0.3) is 0 Å². The average molecular weight is 211 g/mol. The van der Waals surface area contributed by atoms with Crippen molar-refractivity contribution in [2.75, 3.05) is 19.6 Å². The second kappa shape index (κ2) is 5.81. The molecule has 1 rings (SSSR count). The van der Waals surface area contributed by atoms with E-state index >= 15 is 0 Å². The number of halogens is 1. The van der Waals surface area contributed by atoms with E-state index in [9.17, 15) is 9.18 Å². The number of nitrogens with zero attached hydrogens (tertiary/aromatic N) is 1. The lowest BCUT2D eigenvalue weighted by Crippen LogP contribution is -2.22. The highest BCUT2D eigenvalue weighted by Gasteiger charge is 2.20. The molecule has 0 aromatic carbocycles. The molecule has 0 amide bonds. The molecule has 1 aliphatic heterocycles. The van der Waals surface area contributed by atoms with E-state index in [1.165, 1.54) is 6.08 Å². The molecule has 0 saturated carbocycles. The maximum Gasteiger partial charge on any atom is 0.143 e. The van der Waals surface area contributed by atoms with E-state index in [1.54, 1.807) is 0 Å². The topological polar surface area (TPSA) is 20.3 Å². The molecule has 0 aliphatic carbocycles. The standard InChI is InChI=1S/C12H18FNO/c1-10(11(2)5-8-15)3-6-14-7-4-12(13)9-14/h5,8,12H,1,3-4,6-7,9H2,2H3/b11-5-/t12-/m1/s1. The third kappa shape index (κ3) is 3.96. The van der Waals surface area contributed by atoms with Gasteiger partial charge in [-0.25, -0.2) is 4.39 Å². The van der Waals surface area contributed by atoms with Gasteiger partial charge in [0.1, 0.15) is 12.5 Å². The summed E-state index contributed by atoms with van der Waals surface area (Å²) in [6.07, 6.45) is 3.08. The van der Waals surface area contributed by atoms with Crippen LogP contribution in [0.4, 0.5) is 4.39 Å². The normalized spacial score (nSPS) is 23.1. The quantitative estimate of drug-likeness (QED) is 0.394. The molecule has 15 heavy (non-hydrogen) atoms. The average Bonchev–Trinajstić information content (AvgIpc) is 2.61. The van der Waals surface area contributed by atoms with Crippen LogP contribution in [0, 0.1) is 0 Å². The Labute approximate surface area is 90.5 Å². The first-order valence-corrected chi connectivity index (χ1v) is 5.30. The summed E-state index contributed by atoms with van der Waals surface area (Å²) in [4.78, 5) is 12.3. The molecular weight excluding hydrogens is 193 g/mol. The molecule has 2 nitrogen and oxygen atoms in total. The van der Waals surface area contributed by atoms with Gasteiger partial charge in [-0.3, -0.25) is 4.79 Å². The molecule has 0 bridgehead atoms. The lowest BCUT2D eigenvalue weighted by molar-refractivity contribution is -0.104. The van der Waals surface area contributed by atoms with E-state index in [4.69, 9.17) is 0 Å². The Hall–Kier alpha value is -0.960. The van der Waals surface area contributed by atoms with Gasteiger partial charge in [-0.1, -0.05) is 12.2 Å². The Morgan fingerprint density at radius 1 is 1.67 bits per heavy atom. The van der Waals surface area contributed by atoms with Crippen LogP contribution >= 0.6 is 0 Å². The Bertz CT molecular complexity index is 273. The van der Waals surface area contributed by atoms with Crippen LogP contribution in [0.25, 0.3) is 0 Å². The Morgan fingerprint density at radius 3 is 2.93 bits per heavy atom. The van der Waals surface area contributed by atoms with Gasteiger partial charge in [0.05, 0.1) is 0 Å². The first kappa shape index (κ1) is 12.1. The molecule has 1 saturated heterocycles. The highest BCUT2D eigenvalue weighted by molar-refractivity contribution is 5.67. The van der Waals surface area contributed by atoms with E-state index in [1.807, 2.05) is 6.92 Å². The predicted molar refractivity (Wildman–Crippen MR) is 59.5 cm³/mol. The minimum absolute atomic E-state index is 0.545. The second-order valence-corrected chi connectivity index (χ2v) is 4.03. The van der Waals surface area contributed by atoms with Crippen molar-refractivity contribution in [3.63, 3.8) is 0 Å². The van der Waals surface area contributed by atoms with Crippen LogP contribution < -0.4 is 0 Å². The largest absolute Gasteiger partial charge is 0.300 e. The van der Waals surface area contributed by atoms with Gasteiger partial charge in [0, 0.05) is 19.6 Å². The zero-order valence-electron chi connectivity index (χ0n) is 9.21. The fourth-order valence-corrected chi connectivity index (χ4v) is 1.70. The number of rotatable bonds is 5. The molecule has 1 atom stereocenters. The molecular formula is C12H18FNO. The van der Waals surface area contributed by atoms with E-state index in [0.29, 0.717) is 13.0 Å². The lowest BCUT2D eigenvalue weighted by atomic mass is 10.1. The predicted octanol–water partition coefficient (Wildman–Crippen LogP) is 2.12. The summed E-state index contributed by atoms with van der Waals surface area (Å²) in [6.45, 7) is 8.00. The van der Waals surface area contributed by atoms with Gasteiger partial charge in [-0.05, 0) is 31.4 Å². The number of carbonyl (C=O) groups is 1. The zero-order valence-corrected chi connectivity index (χ0v) is 9.21. The molecule has 1 fully saturated rings. The van der Waals surface area contributed by atoms with Gasteiger partial charge in [0.2, 0.25) is 0 Å². The third-order valence-corrected chi connectivity index (χ3v) is 2.82. The van der Waals surface area contributed by atoms with Crippen LogP contribution in [0.5, 0.6) is 0 Å². The summed E-state index contributed by atoms with van der Waals surface area (Å²) in [5.74, 6) is 0. The summed E-state index contributed by atoms with van der Waals surface area (Å²) in [6, 6.07) is 0. The molecule has 0 aromatic rings. The van der Waals surface area contributed by atoms with Gasteiger partial charge in [0.15, 0.2) is 0 Å². The van der Waals surface area contributed by atoms with Crippen LogP contribution in [-0.4, -0.2) is 37.0 Å². The van der Waals surface area contributed by atoms with Crippen molar-refractivity contribution in [1.29, 1.82) is 0 Å². The maximum atomic E-state index is 12.9. The summed E-state index contributed by atoms with van der Waals surface area (Å²) in [5, 5.41) is 0. The number of carbonyl (C=O) groups excluding carboxylic acids is 1. The number of allylic oxidation sites excluding steroid dienone is 2. The lowest BCUT2D eigenvalue weighted by Gasteiger charge is -2.15. The zero-order chi connectivity index (χ0) is 11.3. The summed E-state index contributed by atoms with van der Waals surface area (Å²) < 4.78 is 12.9. The minimum Gasteiger partial charge on any atom is -0.300 e. The van der Waals surface area contributed by atoms with Crippen molar-refractivity contribution in [2.24, 2.45) is 0 Å². The highest BCUT2D eigenvalue weighted by Crippen LogP contribution is 2.16. The Balaban J connectivity index is 2.28. The van der Waals surface area contributed by atoms with Crippen molar-refractivity contribution in [3.05, 3.63) is 23.8 Å². The minimum atomic E-state index is -0.662. The number of hydrogen-bond donors (Lipinski definition) is 0. The molecule has 0 radical (unpaired) electrons. The molecule has 0 N–H and O–H groups in total. The maximum absolute atomic E-state index is 12.9. The fourth-order valence-electron chi connectivity index (χ4n) is 1.70. The first-order chi connectivity index (χ1) is 7.13. The molecule has 0 aromatic heterocycles. The van der Waals surface area contributed by atoms with E-state index in [-0.39, 0.29) is 0 Å². The molecule has 0 spiro atoms. The van der Waals surface area contributed by atoms with Gasteiger partial charge in [-0.15, -0.1) is 0 Å². The molecule has 1 heterocycles. The van der Waals surface area contributed by atoms with Crippen LogP contribution in [0.2, 0.25) is 0 Å². The molecule has 1 aliphatic rings. The Kier molecular flexibility index (Phi) is 4.69. The van der Waals surface area contributed by atoms with Gasteiger partial charge in [-0.2, -0.15) is 0 Å². The van der Waals surface area contributed by atoms with Gasteiger partial charge >= 0.3 is 0 Å². The third-order valence-electron chi connectivity index (χ3n) is 2.82. The number of hydrogen-bond acceptors (Lipinski definition) is 2. The van der Waals surface area contributed by atoms with E-state index in [2.05, 4.69) is 11.5 Å². The monoisotopic (exact) mass is 211 g/mol. The molecule has 3 heteroatoms. The number of aldehydes is 1. The highest BCUT2D eigenvalue weighted by atomic mass is 19.1. The SMILES string of the molecule is C=C(CCN1CC[C@@H](F)C1)/C(C)=C\C=O. The second-order valence-electron chi connectivity index (χ2n) is 4.03. The Morgan fingerprint density at radius 2 is 2.40 bits per heavy atom. The summed E-state index contributed by atoms with van der Waals surface area (Å²) >= 11 is 0. The van der Waals surface area contributed by atoms with Crippen molar-refractivity contribution in [1.82, 2.24) is 4.90 Å². The van der Waals surface area contributed by atoms with E-state index < -0.39 is 6.17 Å². The van der Waals surface area contributed by atoms with Crippen LogP contribution in [0.3, 0.4) is 0 Å². The molecule has 0 unspecified atom stereocenters. The van der Waals surface area contributed by atoms with Crippen LogP contribution in [-0.2, 0) is 4.79 Å². The molecule has 84 valence electrons. The van der Waals surface area contributed by atoms with Crippen molar-refractivity contribution in [2.45, 2.75) is 25.9 Å². The van der Waals surface area contributed by atoms with Crippen molar-refractivity contribution in [3.8, 4) is 0 Å². The number of alkyl halides is 1. The number of likely N-dealkylation sites (tertiary alicyclic amines) is 1. The smallest absolute Gasteiger partial charge is 0.143 e. The summed E-state index contributed by atoms with van der Waals surface area (Å²) in [7, 11) is 0. The van der Waals surface area contributed by atoms with Gasteiger partial charge < -0.3 is 4.90 Å². The first-order valence-electron chi connectivity index (χ1n) is 5.30.